The van der Waals surface area contributed by atoms with Crippen molar-refractivity contribution >= 4 is 41.3 Å². The monoisotopic (exact) mass is 953 g/mol. The van der Waals surface area contributed by atoms with Gasteiger partial charge in [0.15, 0.2) is 5.78 Å². The van der Waals surface area contributed by atoms with Gasteiger partial charge in [0.2, 0.25) is 0 Å². The minimum Gasteiger partial charge on any atom is -0.481 e. The highest BCUT2D eigenvalue weighted by molar-refractivity contribution is 6.30. The van der Waals surface area contributed by atoms with Gasteiger partial charge in [0.25, 0.3) is 0 Å². The van der Waals surface area contributed by atoms with E-state index >= 15 is 0 Å². The Balaban J connectivity index is 1.52. The zero-order valence-electron chi connectivity index (χ0n) is 43.3. The summed E-state index contributed by atoms with van der Waals surface area (Å²) in [5.74, 6) is -2.21. The number of benzene rings is 1. The van der Waals surface area contributed by atoms with Gasteiger partial charge in [-0.3, -0.25) is 28.9 Å². The molecule has 376 valence electrons. The van der Waals surface area contributed by atoms with E-state index < -0.39 is 46.2 Å². The first-order chi connectivity index (χ1) is 31.0. The van der Waals surface area contributed by atoms with Crippen molar-refractivity contribution in [2.45, 2.75) is 178 Å². The van der Waals surface area contributed by atoms with Crippen LogP contribution in [0.3, 0.4) is 0 Å². The number of fused-ring (bicyclic) bond motifs is 5. The number of esters is 2. The van der Waals surface area contributed by atoms with Gasteiger partial charge in [-0.25, -0.2) is 0 Å². The Morgan fingerprint density at radius 2 is 1.43 bits per heavy atom. The number of carboxylic acids is 2. The molecule has 0 spiro atoms. The number of hydrogen-bond donors (Lipinski definition) is 2. The van der Waals surface area contributed by atoms with Crippen molar-refractivity contribution in [1.82, 2.24) is 9.80 Å². The van der Waals surface area contributed by atoms with Gasteiger partial charge in [-0.1, -0.05) is 85.0 Å². The van der Waals surface area contributed by atoms with Gasteiger partial charge in [0.05, 0.1) is 23.7 Å². The Hall–Kier alpha value is -3.28. The molecule has 0 saturated heterocycles. The van der Waals surface area contributed by atoms with Crippen molar-refractivity contribution in [2.75, 3.05) is 33.7 Å². The molecule has 1 aromatic rings. The highest BCUT2D eigenvalue weighted by atomic mass is 35.5. The molecule has 0 bridgehead atoms. The molecule has 0 aliphatic heterocycles. The fourth-order valence-corrected chi connectivity index (χ4v) is 13.1. The molecule has 8 atom stereocenters. The second kappa shape index (κ2) is 21.0. The van der Waals surface area contributed by atoms with E-state index in [1.165, 1.54) is 5.57 Å². The minimum atomic E-state index is -1.33. The highest BCUT2D eigenvalue weighted by Gasteiger charge is 2.67. The summed E-state index contributed by atoms with van der Waals surface area (Å²) in [6.07, 6.45) is 7.77. The maximum atomic E-state index is 14.8. The summed E-state index contributed by atoms with van der Waals surface area (Å²) in [5.41, 5.74) is -0.685. The topological polar surface area (TPSA) is 151 Å². The van der Waals surface area contributed by atoms with E-state index in [4.69, 9.17) is 21.1 Å². The van der Waals surface area contributed by atoms with Crippen molar-refractivity contribution in [3.8, 4) is 0 Å². The quantitative estimate of drug-likeness (QED) is 0.107. The lowest BCUT2D eigenvalue weighted by Crippen LogP contribution is -2.61. The Labute approximate surface area is 407 Å². The van der Waals surface area contributed by atoms with Gasteiger partial charge in [0, 0.05) is 48.5 Å². The number of aliphatic carboxylic acids is 2. The van der Waals surface area contributed by atoms with Crippen LogP contribution in [0, 0.1) is 56.2 Å². The molecule has 1 aromatic carbocycles. The lowest BCUT2D eigenvalue weighted by Gasteiger charge is -2.67. The van der Waals surface area contributed by atoms with Gasteiger partial charge < -0.3 is 24.6 Å². The van der Waals surface area contributed by atoms with Gasteiger partial charge >= 0.3 is 23.9 Å². The molecule has 0 heterocycles. The number of unbranched alkanes of at least 4 members (excludes halogenated alkanes) is 1. The van der Waals surface area contributed by atoms with Gasteiger partial charge in [-0.15, -0.1) is 0 Å². The molecule has 0 aromatic heterocycles. The van der Waals surface area contributed by atoms with Crippen molar-refractivity contribution in [3.63, 3.8) is 0 Å². The molecule has 0 unspecified atom stereocenters. The van der Waals surface area contributed by atoms with Crippen LogP contribution < -0.4 is 0 Å². The van der Waals surface area contributed by atoms with E-state index in [9.17, 15) is 34.2 Å². The molecule has 11 nitrogen and oxygen atoms in total. The zero-order chi connectivity index (χ0) is 50.1. The number of likely N-dealkylation sites (N-methyl/N-ethyl adjacent to an activating group) is 1. The molecule has 67 heavy (non-hydrogen) atoms. The van der Waals surface area contributed by atoms with Crippen LogP contribution in [0.2, 0.25) is 5.02 Å². The SMILES string of the molecule is CCCC[C@H](OC(=O)CC(C)(C)C(=O)O)C(C)(C)[C@@H]1CC[C@]2(C)[C@H](CC[C@@H]3C4=C(C(C)C)C(=O)C[C@]4([C@@H](CN(CCN(C)C)Cc4ccc(Cl)cc4)OC(=O)CC(C)(C)C(=O)O)CC[C@]32C)C1. The molecular weight excluding hydrogens is 868 g/mol. The molecule has 4 aliphatic carbocycles. The molecule has 3 fully saturated rings. The van der Waals surface area contributed by atoms with Crippen LogP contribution in [-0.2, 0) is 40.0 Å². The maximum Gasteiger partial charge on any atom is 0.309 e. The first-order valence-corrected chi connectivity index (χ1v) is 25.7. The number of ether oxygens (including phenoxy) is 2. The molecule has 3 saturated carbocycles. The van der Waals surface area contributed by atoms with Crippen molar-refractivity contribution in [1.29, 1.82) is 0 Å². The second-order valence-corrected chi connectivity index (χ2v) is 24.6. The van der Waals surface area contributed by atoms with E-state index in [1.54, 1.807) is 27.7 Å². The van der Waals surface area contributed by atoms with Crippen LogP contribution in [0.15, 0.2) is 35.4 Å². The fraction of sp³-hybridized carbons (Fsp3) is 0.764. The van der Waals surface area contributed by atoms with Crippen LogP contribution in [0.4, 0.5) is 0 Å². The Morgan fingerprint density at radius 1 is 0.836 bits per heavy atom. The summed E-state index contributed by atoms with van der Waals surface area (Å²) < 4.78 is 13.0. The lowest BCUT2D eigenvalue weighted by atomic mass is 9.38. The van der Waals surface area contributed by atoms with Gasteiger partial charge in [-0.2, -0.15) is 0 Å². The van der Waals surface area contributed by atoms with E-state index in [0.717, 1.165) is 75.5 Å². The predicted octanol–water partition coefficient (Wildman–Crippen LogP) is 11.3. The third-order valence-corrected chi connectivity index (χ3v) is 18.0. The molecule has 12 heteroatoms. The number of carboxylic acid groups (broad SMARTS) is 2. The molecular formula is C55H85ClN2O9. The van der Waals surface area contributed by atoms with Crippen LogP contribution in [-0.4, -0.2) is 95.6 Å². The Bertz CT molecular complexity index is 2010. The number of carbonyl (C=O) groups is 5. The summed E-state index contributed by atoms with van der Waals surface area (Å²) in [5, 5.41) is 20.5. The maximum absolute atomic E-state index is 14.8. The Kier molecular flexibility index (Phi) is 17.1. The van der Waals surface area contributed by atoms with Crippen LogP contribution in [0.5, 0.6) is 0 Å². The Morgan fingerprint density at radius 3 is 1.99 bits per heavy atom. The normalized spacial score (nSPS) is 27.7. The number of allylic oxidation sites excluding steroid dienone is 1. The molecule has 0 amide bonds. The lowest BCUT2D eigenvalue weighted by molar-refractivity contribution is -0.179. The zero-order valence-corrected chi connectivity index (χ0v) is 44.1. The predicted molar refractivity (Wildman–Crippen MR) is 263 cm³/mol. The number of halogens is 1. The van der Waals surface area contributed by atoms with Crippen LogP contribution in [0.25, 0.3) is 0 Å². The van der Waals surface area contributed by atoms with Crippen molar-refractivity contribution in [2.24, 2.45) is 56.2 Å². The smallest absolute Gasteiger partial charge is 0.309 e. The summed E-state index contributed by atoms with van der Waals surface area (Å²) in [7, 11) is 4.07. The molecule has 0 radical (unpaired) electrons. The third-order valence-electron chi connectivity index (χ3n) is 17.8. The van der Waals surface area contributed by atoms with Crippen molar-refractivity contribution in [3.05, 3.63) is 46.0 Å². The first kappa shape index (κ1) is 54.7. The van der Waals surface area contributed by atoms with E-state index in [1.807, 2.05) is 38.4 Å². The molecule has 5 rings (SSSR count). The average Bonchev–Trinajstić information content (AvgIpc) is 3.54. The van der Waals surface area contributed by atoms with E-state index in [0.29, 0.717) is 42.9 Å². The number of nitrogens with zero attached hydrogens (tertiary/aromatic N) is 2. The van der Waals surface area contributed by atoms with Crippen molar-refractivity contribution < 1.29 is 43.7 Å². The van der Waals surface area contributed by atoms with Gasteiger partial charge in [-0.05, 0) is 157 Å². The van der Waals surface area contributed by atoms with E-state index in [-0.39, 0.29) is 59.2 Å². The van der Waals surface area contributed by atoms with Gasteiger partial charge in [0.1, 0.15) is 12.2 Å². The largest absolute Gasteiger partial charge is 0.481 e. The number of ketones is 1. The van der Waals surface area contributed by atoms with Crippen LogP contribution in [0.1, 0.15) is 165 Å². The standard InChI is InChI=1S/C55H85ClN2O9/c1-14-15-16-42(66-44(60)31-50(4,5)48(62)63)52(8,9)37-23-24-53(10)38(29-37)19-22-40-47-46(35(2)3)41(59)30-55(47,26-25-54(40,53)11)43(67-45(61)32-51(6,7)49(64)65)34-58(28-27-57(12)13)33-36-17-20-39(56)21-18-36/h17-18,20-21,35,37-38,40,42-43H,14-16,19,22-34H2,1-13H3,(H,62,63)(H,64,65)/t37-,38-,40-,42+,43-,53-,54-,55+/m1/s1. The fourth-order valence-electron chi connectivity index (χ4n) is 13.0. The number of Topliss-reactive ketones (excluding diaryl/α,β-unsaturated/α-hetero) is 1. The molecule has 2 N–H and O–H groups in total. The average molecular weight is 954 g/mol. The number of carbonyl (C=O) groups excluding carboxylic acids is 3. The minimum absolute atomic E-state index is 0.0289. The second-order valence-electron chi connectivity index (χ2n) is 24.2. The summed E-state index contributed by atoms with van der Waals surface area (Å²) in [6, 6.07) is 7.80. The number of rotatable bonds is 22. The third kappa shape index (κ3) is 11.5. The summed E-state index contributed by atoms with van der Waals surface area (Å²) in [6.45, 7) is 24.5. The summed E-state index contributed by atoms with van der Waals surface area (Å²) in [4.78, 5) is 71.1. The van der Waals surface area contributed by atoms with Crippen LogP contribution >= 0.6 is 11.6 Å². The number of hydrogen-bond acceptors (Lipinski definition) is 9. The first-order valence-electron chi connectivity index (χ1n) is 25.3. The summed E-state index contributed by atoms with van der Waals surface area (Å²) >= 11 is 6.31. The molecule has 4 aliphatic rings. The highest BCUT2D eigenvalue weighted by Crippen LogP contribution is 2.73. The van der Waals surface area contributed by atoms with E-state index in [2.05, 4.69) is 58.3 Å².